The molecule has 0 aliphatic carbocycles. The van der Waals surface area contributed by atoms with Gasteiger partial charge in [0.2, 0.25) is 0 Å². The molecule has 0 radical (unpaired) electrons. The lowest BCUT2D eigenvalue weighted by Crippen LogP contribution is -2.56. The summed E-state index contributed by atoms with van der Waals surface area (Å²) >= 11 is 0. The van der Waals surface area contributed by atoms with E-state index in [9.17, 15) is 13.2 Å². The summed E-state index contributed by atoms with van der Waals surface area (Å²) in [4.78, 5) is 13.2. The van der Waals surface area contributed by atoms with Gasteiger partial charge in [-0.25, -0.2) is 8.42 Å². The summed E-state index contributed by atoms with van der Waals surface area (Å²) in [5.74, 6) is -2.01. The first-order valence-electron chi connectivity index (χ1n) is 3.98. The Hall–Kier alpha value is -1.53. The van der Waals surface area contributed by atoms with Crippen molar-refractivity contribution in [3.05, 3.63) is 23.1 Å². The number of azide groups is 1. The van der Waals surface area contributed by atoms with Gasteiger partial charge >= 0.3 is 5.97 Å². The first-order valence-corrected chi connectivity index (χ1v) is 5.80. The van der Waals surface area contributed by atoms with E-state index in [0.29, 0.717) is 0 Å². The molecule has 0 aromatic heterocycles. The lowest BCUT2D eigenvalue weighted by Gasteiger charge is -2.40. The second kappa shape index (κ2) is 3.56. The van der Waals surface area contributed by atoms with Gasteiger partial charge in [0, 0.05) is 10.3 Å². The number of hydrogen-bond acceptors (Lipinski definition) is 4. The van der Waals surface area contributed by atoms with Gasteiger partial charge in [0.1, 0.15) is 6.04 Å². The van der Waals surface area contributed by atoms with E-state index in [1.165, 1.54) is 6.08 Å². The highest BCUT2D eigenvalue weighted by molar-refractivity contribution is 7.92. The van der Waals surface area contributed by atoms with Gasteiger partial charge in [0.25, 0.3) is 0 Å². The largest absolute Gasteiger partial charge is 0.481 e. The number of aliphatic carboxylic acids is 1. The molecule has 1 rings (SSSR count). The lowest BCUT2D eigenvalue weighted by molar-refractivity contribution is -0.140. The summed E-state index contributed by atoms with van der Waals surface area (Å²) in [6.07, 6.45) is 1.24. The third-order valence-corrected chi connectivity index (χ3v) is 4.28. The summed E-state index contributed by atoms with van der Waals surface area (Å²) < 4.78 is 22.0. The van der Waals surface area contributed by atoms with Gasteiger partial charge in [0.05, 0.1) is 11.5 Å². The molecular formula is C7H9N3O4S. The Morgan fingerprint density at radius 1 is 1.67 bits per heavy atom. The molecule has 1 fully saturated rings. The second-order valence-electron chi connectivity index (χ2n) is 3.42. The normalized spacial score (nSPS) is 22.9. The summed E-state index contributed by atoms with van der Waals surface area (Å²) in [5.41, 5.74) is 7.05. The molecule has 1 atom stereocenters. The maximum Gasteiger partial charge on any atom is 0.313 e. The molecule has 0 bridgehead atoms. The molecule has 1 saturated heterocycles. The van der Waals surface area contributed by atoms with E-state index in [-0.39, 0.29) is 11.5 Å². The number of sulfone groups is 1. The lowest BCUT2D eigenvalue weighted by atomic mass is 9.83. The molecular weight excluding hydrogens is 222 g/mol. The Balaban J connectivity index is 3.06. The van der Waals surface area contributed by atoms with Gasteiger partial charge < -0.3 is 5.11 Å². The predicted molar refractivity (Wildman–Crippen MR) is 51.9 cm³/mol. The van der Waals surface area contributed by atoms with Crippen molar-refractivity contribution in [2.45, 2.75) is 6.04 Å². The fourth-order valence-corrected chi connectivity index (χ4v) is 3.73. The molecule has 1 N–H and O–H groups in total. The van der Waals surface area contributed by atoms with Crippen molar-refractivity contribution < 1.29 is 18.3 Å². The summed E-state index contributed by atoms with van der Waals surface area (Å²) in [6.45, 7) is 3.39. The Labute approximate surface area is 85.9 Å². The predicted octanol–water partition coefficient (Wildman–Crippen LogP) is 0.351. The molecule has 8 heteroatoms. The van der Waals surface area contributed by atoms with Crippen molar-refractivity contribution in [1.29, 1.82) is 0 Å². The van der Waals surface area contributed by atoms with Crippen LogP contribution in [0, 0.1) is 5.41 Å². The van der Waals surface area contributed by atoms with Gasteiger partial charge in [0.15, 0.2) is 9.84 Å². The summed E-state index contributed by atoms with van der Waals surface area (Å²) in [6, 6.07) is -1.41. The van der Waals surface area contributed by atoms with Crippen molar-refractivity contribution >= 4 is 15.8 Å². The molecule has 0 saturated carbocycles. The number of nitrogens with zero attached hydrogens (tertiary/aromatic N) is 3. The summed E-state index contributed by atoms with van der Waals surface area (Å²) in [7, 11) is -3.22. The zero-order valence-electron chi connectivity index (χ0n) is 7.70. The number of hydrogen-bond donors (Lipinski definition) is 1. The van der Waals surface area contributed by atoms with Crippen molar-refractivity contribution in [2.75, 3.05) is 11.5 Å². The molecule has 1 aliphatic rings. The van der Waals surface area contributed by atoms with Crippen molar-refractivity contribution in [2.24, 2.45) is 10.5 Å². The fraction of sp³-hybridized carbons (Fsp3) is 0.571. The third-order valence-electron chi connectivity index (χ3n) is 2.33. The van der Waals surface area contributed by atoms with Crippen molar-refractivity contribution in [1.82, 2.24) is 0 Å². The van der Waals surface area contributed by atoms with Crippen LogP contribution in [0.3, 0.4) is 0 Å². The highest BCUT2D eigenvalue weighted by atomic mass is 32.2. The average Bonchev–Trinajstić information content (AvgIpc) is 2.09. The maximum absolute atomic E-state index is 11.0. The molecule has 7 nitrogen and oxygen atoms in total. The molecule has 82 valence electrons. The van der Waals surface area contributed by atoms with Crippen LogP contribution in [0.15, 0.2) is 17.8 Å². The second-order valence-corrected chi connectivity index (χ2v) is 5.48. The Bertz CT molecular complexity index is 435. The Morgan fingerprint density at radius 2 is 2.20 bits per heavy atom. The molecule has 0 amide bonds. The molecule has 1 aliphatic heterocycles. The standard InChI is InChI=1S/C7H9N3O4S/c1-2-7(3-15(13,14)4-7)5(6(11)12)9-10-8/h2,5H,1,3-4H2,(H,11,12). The van der Waals surface area contributed by atoms with E-state index >= 15 is 0 Å². The van der Waals surface area contributed by atoms with Crippen LogP contribution in [0.25, 0.3) is 10.4 Å². The molecule has 1 heterocycles. The van der Waals surface area contributed by atoms with E-state index in [1.54, 1.807) is 0 Å². The minimum absolute atomic E-state index is 0.334. The monoisotopic (exact) mass is 231 g/mol. The molecule has 0 aromatic carbocycles. The van der Waals surface area contributed by atoms with Crippen LogP contribution in [0.2, 0.25) is 0 Å². The molecule has 1 unspecified atom stereocenters. The van der Waals surface area contributed by atoms with Gasteiger partial charge in [-0.2, -0.15) is 0 Å². The molecule has 15 heavy (non-hydrogen) atoms. The van der Waals surface area contributed by atoms with Crippen LogP contribution >= 0.6 is 0 Å². The first kappa shape index (κ1) is 11.5. The number of carboxylic acids is 1. The van der Waals surface area contributed by atoms with Crippen molar-refractivity contribution in [3.63, 3.8) is 0 Å². The minimum atomic E-state index is -3.22. The zero-order valence-corrected chi connectivity index (χ0v) is 8.51. The topological polar surface area (TPSA) is 120 Å². The molecule has 0 aromatic rings. The Kier molecular flexibility index (Phi) is 2.74. The zero-order chi connectivity index (χ0) is 11.7. The number of rotatable bonds is 4. The van der Waals surface area contributed by atoms with Crippen LogP contribution in [0.5, 0.6) is 0 Å². The van der Waals surface area contributed by atoms with Crippen LogP contribution in [0.1, 0.15) is 0 Å². The van der Waals surface area contributed by atoms with E-state index in [2.05, 4.69) is 16.6 Å². The third kappa shape index (κ3) is 1.95. The average molecular weight is 231 g/mol. The SMILES string of the molecule is C=CC1(C(N=[N+]=[N-])C(=O)O)CS(=O)(=O)C1. The van der Waals surface area contributed by atoms with Crippen LogP contribution < -0.4 is 0 Å². The van der Waals surface area contributed by atoms with E-state index in [1.807, 2.05) is 0 Å². The van der Waals surface area contributed by atoms with Crippen LogP contribution in [-0.4, -0.2) is 37.0 Å². The van der Waals surface area contributed by atoms with Gasteiger partial charge in [-0.05, 0) is 5.53 Å². The number of carbonyl (C=O) groups is 1. The van der Waals surface area contributed by atoms with Gasteiger partial charge in [-0.3, -0.25) is 4.79 Å². The highest BCUT2D eigenvalue weighted by Gasteiger charge is 2.54. The van der Waals surface area contributed by atoms with E-state index < -0.39 is 27.3 Å². The smallest absolute Gasteiger partial charge is 0.313 e. The van der Waals surface area contributed by atoms with Crippen molar-refractivity contribution in [3.8, 4) is 0 Å². The van der Waals surface area contributed by atoms with Crippen LogP contribution in [-0.2, 0) is 14.6 Å². The van der Waals surface area contributed by atoms with Crippen LogP contribution in [0.4, 0.5) is 0 Å². The quantitative estimate of drug-likeness (QED) is 0.324. The van der Waals surface area contributed by atoms with E-state index in [0.717, 1.165) is 0 Å². The maximum atomic E-state index is 11.0. The summed E-state index contributed by atoms with van der Waals surface area (Å²) in [5, 5.41) is 11.9. The van der Waals surface area contributed by atoms with Gasteiger partial charge in [-0.1, -0.05) is 11.2 Å². The first-order chi connectivity index (χ1) is 6.87. The Morgan fingerprint density at radius 3 is 2.47 bits per heavy atom. The minimum Gasteiger partial charge on any atom is -0.481 e. The number of carboxylic acid groups (broad SMARTS) is 1. The van der Waals surface area contributed by atoms with Gasteiger partial charge in [-0.15, -0.1) is 6.58 Å². The molecule has 0 spiro atoms. The highest BCUT2D eigenvalue weighted by Crippen LogP contribution is 2.39. The van der Waals surface area contributed by atoms with E-state index in [4.69, 9.17) is 10.6 Å². The fourth-order valence-electron chi connectivity index (χ4n) is 1.63.